The van der Waals surface area contributed by atoms with Gasteiger partial charge in [-0.15, -0.1) is 0 Å². The molecule has 6 nitrogen and oxygen atoms in total. The Balaban J connectivity index is 2.06. The molecule has 1 aliphatic rings. The first kappa shape index (κ1) is 15.0. The van der Waals surface area contributed by atoms with E-state index in [0.717, 1.165) is 31.6 Å². The predicted molar refractivity (Wildman–Crippen MR) is 75.3 cm³/mol. The molecule has 1 unspecified atom stereocenters. The highest BCUT2D eigenvalue weighted by Crippen LogP contribution is 2.36. The lowest BCUT2D eigenvalue weighted by molar-refractivity contribution is -0.148. The molecule has 112 valence electrons. The summed E-state index contributed by atoms with van der Waals surface area (Å²) in [5.41, 5.74) is -0.572. The normalized spacial score (nSPS) is 23.6. The summed E-state index contributed by atoms with van der Waals surface area (Å²) in [5.74, 6) is 0.255. The van der Waals surface area contributed by atoms with E-state index in [1.807, 2.05) is 11.6 Å². The van der Waals surface area contributed by atoms with Crippen LogP contribution in [-0.4, -0.2) is 43.8 Å². The average Bonchev–Trinajstić information content (AvgIpc) is 2.98. The van der Waals surface area contributed by atoms with Gasteiger partial charge in [0.05, 0.1) is 12.0 Å². The highest BCUT2D eigenvalue weighted by atomic mass is 16.4. The van der Waals surface area contributed by atoms with Gasteiger partial charge in [0.15, 0.2) is 0 Å². The van der Waals surface area contributed by atoms with Crippen molar-refractivity contribution in [1.29, 1.82) is 0 Å². The van der Waals surface area contributed by atoms with Crippen LogP contribution in [0.2, 0.25) is 0 Å². The van der Waals surface area contributed by atoms with Crippen molar-refractivity contribution < 1.29 is 9.90 Å². The van der Waals surface area contributed by atoms with E-state index in [9.17, 15) is 9.90 Å². The molecular weight excluding hydrogens is 256 g/mol. The fraction of sp³-hybridized carbons (Fsp3) is 0.786. The minimum atomic E-state index is -0.660. The molecule has 1 fully saturated rings. The molecule has 1 atom stereocenters. The fourth-order valence-electron chi connectivity index (χ4n) is 3.08. The summed E-state index contributed by atoms with van der Waals surface area (Å²) in [6, 6.07) is 0.273. The topological polar surface area (TPSA) is 71.2 Å². The number of likely N-dealkylation sites (tertiary alicyclic amines) is 1. The molecule has 0 saturated carbocycles. The Hall–Kier alpha value is -1.43. The molecule has 2 heterocycles. The third-order valence-corrected chi connectivity index (χ3v) is 4.12. The Morgan fingerprint density at radius 3 is 2.90 bits per heavy atom. The van der Waals surface area contributed by atoms with Gasteiger partial charge in [-0.3, -0.25) is 9.69 Å². The van der Waals surface area contributed by atoms with Crippen molar-refractivity contribution in [2.75, 3.05) is 13.1 Å². The van der Waals surface area contributed by atoms with E-state index in [4.69, 9.17) is 0 Å². The van der Waals surface area contributed by atoms with Gasteiger partial charge in [-0.1, -0.05) is 13.3 Å². The summed E-state index contributed by atoms with van der Waals surface area (Å²) in [6.07, 6.45) is 3.95. The van der Waals surface area contributed by atoms with Gasteiger partial charge < -0.3 is 5.11 Å². The van der Waals surface area contributed by atoms with Crippen molar-refractivity contribution in [3.63, 3.8) is 0 Å². The van der Waals surface area contributed by atoms with Crippen LogP contribution < -0.4 is 0 Å². The first-order valence-corrected chi connectivity index (χ1v) is 7.32. The monoisotopic (exact) mass is 280 g/mol. The number of hydrogen-bond donors (Lipinski definition) is 1. The molecule has 1 aromatic rings. The van der Waals surface area contributed by atoms with E-state index in [2.05, 4.69) is 28.8 Å². The summed E-state index contributed by atoms with van der Waals surface area (Å²) in [4.78, 5) is 18.1. The van der Waals surface area contributed by atoms with Crippen molar-refractivity contribution in [2.24, 2.45) is 5.41 Å². The van der Waals surface area contributed by atoms with Crippen LogP contribution in [0.3, 0.4) is 0 Å². The van der Waals surface area contributed by atoms with E-state index in [-0.39, 0.29) is 6.04 Å². The quantitative estimate of drug-likeness (QED) is 0.862. The first-order valence-electron chi connectivity index (χ1n) is 7.32. The van der Waals surface area contributed by atoms with Crippen LogP contribution in [-0.2, 0) is 11.3 Å². The zero-order chi connectivity index (χ0) is 14.8. The summed E-state index contributed by atoms with van der Waals surface area (Å²) >= 11 is 0. The second-order valence-electron chi connectivity index (χ2n) is 6.01. The Morgan fingerprint density at radius 2 is 2.30 bits per heavy atom. The van der Waals surface area contributed by atoms with Gasteiger partial charge >= 0.3 is 5.97 Å². The number of carboxylic acid groups (broad SMARTS) is 1. The lowest BCUT2D eigenvalue weighted by atomic mass is 9.83. The van der Waals surface area contributed by atoms with Crippen molar-refractivity contribution in [3.8, 4) is 0 Å². The van der Waals surface area contributed by atoms with Gasteiger partial charge in [0, 0.05) is 12.6 Å². The maximum Gasteiger partial charge on any atom is 0.310 e. The van der Waals surface area contributed by atoms with Crippen molar-refractivity contribution in [2.45, 2.75) is 52.6 Å². The summed E-state index contributed by atoms with van der Waals surface area (Å²) in [5, 5.41) is 13.7. The first-order chi connectivity index (χ1) is 9.48. The number of aliphatic carboxylic acids is 1. The maximum atomic E-state index is 11.6. The van der Waals surface area contributed by atoms with Crippen molar-refractivity contribution in [1.82, 2.24) is 19.7 Å². The molecular formula is C14H24N4O2. The van der Waals surface area contributed by atoms with Crippen LogP contribution in [0.4, 0.5) is 0 Å². The van der Waals surface area contributed by atoms with Gasteiger partial charge in [0.25, 0.3) is 0 Å². The maximum absolute atomic E-state index is 11.6. The number of nitrogens with zero attached hydrogens (tertiary/aromatic N) is 4. The second kappa shape index (κ2) is 5.91. The Kier molecular flexibility index (Phi) is 4.42. The highest BCUT2D eigenvalue weighted by molar-refractivity contribution is 5.75. The summed E-state index contributed by atoms with van der Waals surface area (Å²) in [7, 11) is 0. The summed E-state index contributed by atoms with van der Waals surface area (Å²) in [6.45, 7) is 8.29. The largest absolute Gasteiger partial charge is 0.481 e. The molecule has 2 rings (SSSR count). The number of hydrogen-bond acceptors (Lipinski definition) is 4. The second-order valence-corrected chi connectivity index (χ2v) is 6.01. The minimum Gasteiger partial charge on any atom is -0.481 e. The molecule has 1 saturated heterocycles. The SMILES string of the molecule is CCCC1(C(=O)O)CCN(Cc2ncnn2C(C)C)C1. The Bertz CT molecular complexity index is 471. The number of rotatable bonds is 6. The molecule has 0 radical (unpaired) electrons. The average molecular weight is 280 g/mol. The van der Waals surface area contributed by atoms with Gasteiger partial charge in [-0.05, 0) is 33.2 Å². The van der Waals surface area contributed by atoms with Gasteiger partial charge in [0.2, 0.25) is 0 Å². The van der Waals surface area contributed by atoms with Gasteiger partial charge in [-0.25, -0.2) is 9.67 Å². The number of carbonyl (C=O) groups is 1. The molecule has 1 aromatic heterocycles. The van der Waals surface area contributed by atoms with Crippen LogP contribution in [0.25, 0.3) is 0 Å². The lowest BCUT2D eigenvalue weighted by Crippen LogP contribution is -2.34. The zero-order valence-electron chi connectivity index (χ0n) is 12.5. The Labute approximate surface area is 119 Å². The molecule has 0 bridgehead atoms. The van der Waals surface area contributed by atoms with Crippen molar-refractivity contribution in [3.05, 3.63) is 12.2 Å². The molecule has 20 heavy (non-hydrogen) atoms. The van der Waals surface area contributed by atoms with Crippen LogP contribution >= 0.6 is 0 Å². The van der Waals surface area contributed by atoms with Crippen LogP contribution in [0, 0.1) is 5.41 Å². The molecule has 6 heteroatoms. The molecule has 1 N–H and O–H groups in total. The number of carboxylic acids is 1. The standard InChI is InChI=1S/C14H24N4O2/c1-4-5-14(13(19)20)6-7-17(9-14)8-12-15-10-16-18(12)11(2)3/h10-11H,4-9H2,1-3H3,(H,19,20). The Morgan fingerprint density at radius 1 is 1.55 bits per heavy atom. The zero-order valence-corrected chi connectivity index (χ0v) is 12.5. The minimum absolute atomic E-state index is 0.273. The molecule has 0 aromatic carbocycles. The summed E-state index contributed by atoms with van der Waals surface area (Å²) < 4.78 is 1.90. The van der Waals surface area contributed by atoms with Crippen LogP contribution in [0.15, 0.2) is 6.33 Å². The molecule has 0 spiro atoms. The third kappa shape index (κ3) is 2.85. The third-order valence-electron chi connectivity index (χ3n) is 4.12. The molecule has 1 aliphatic heterocycles. The molecule has 0 amide bonds. The van der Waals surface area contributed by atoms with Crippen molar-refractivity contribution >= 4 is 5.97 Å². The highest BCUT2D eigenvalue weighted by Gasteiger charge is 2.44. The van der Waals surface area contributed by atoms with Gasteiger partial charge in [-0.2, -0.15) is 5.10 Å². The van der Waals surface area contributed by atoms with E-state index in [1.165, 1.54) is 0 Å². The lowest BCUT2D eigenvalue weighted by Gasteiger charge is -2.24. The fourth-order valence-corrected chi connectivity index (χ4v) is 3.08. The smallest absolute Gasteiger partial charge is 0.310 e. The van der Waals surface area contributed by atoms with Crippen LogP contribution in [0.1, 0.15) is 51.9 Å². The predicted octanol–water partition coefficient (Wildman–Crippen LogP) is 1.94. The van der Waals surface area contributed by atoms with E-state index < -0.39 is 11.4 Å². The van der Waals surface area contributed by atoms with E-state index in [1.54, 1.807) is 6.33 Å². The van der Waals surface area contributed by atoms with Crippen LogP contribution in [0.5, 0.6) is 0 Å². The molecule has 0 aliphatic carbocycles. The van der Waals surface area contributed by atoms with E-state index >= 15 is 0 Å². The number of aromatic nitrogens is 3. The van der Waals surface area contributed by atoms with Gasteiger partial charge in [0.1, 0.15) is 12.2 Å². The van der Waals surface area contributed by atoms with E-state index in [0.29, 0.717) is 13.1 Å².